The second kappa shape index (κ2) is 6.92. The van der Waals surface area contributed by atoms with Gasteiger partial charge in [-0.2, -0.15) is 0 Å². The summed E-state index contributed by atoms with van der Waals surface area (Å²) in [5, 5.41) is 0.787. The summed E-state index contributed by atoms with van der Waals surface area (Å²) in [6.07, 6.45) is 3.16. The molecule has 2 aromatic heterocycles. The van der Waals surface area contributed by atoms with Gasteiger partial charge >= 0.3 is 0 Å². The van der Waals surface area contributed by atoms with E-state index < -0.39 is 0 Å². The van der Waals surface area contributed by atoms with Crippen molar-refractivity contribution >= 4 is 33.3 Å². The van der Waals surface area contributed by atoms with Gasteiger partial charge in [-0.15, -0.1) is 23.1 Å². The topological polar surface area (TPSA) is 45.8 Å². The number of thioether (sulfide) groups is 1. The number of halogens is 1. The number of aryl methyl sites for hydroxylation is 1. The minimum absolute atomic E-state index is 0.0291. The molecule has 3 nitrogen and oxygen atoms in total. The van der Waals surface area contributed by atoms with Gasteiger partial charge in [0.15, 0.2) is 0 Å². The van der Waals surface area contributed by atoms with Gasteiger partial charge in [0.1, 0.15) is 16.5 Å². The molecule has 130 valence electrons. The van der Waals surface area contributed by atoms with Crippen LogP contribution in [0.25, 0.3) is 10.2 Å². The standard InChI is InChI=1S/C19H19FN2OS2/c1-11-6-7-13-15(8-11)25-19-17(13)18(23)21-16(22-19)10-24-9-12-4-2-3-5-14(12)20/h2-5,11H,6-10H2,1H3,(H,21,22,23)/t11-/m1/s1. The van der Waals surface area contributed by atoms with Gasteiger partial charge in [0.05, 0.1) is 11.1 Å². The summed E-state index contributed by atoms with van der Waals surface area (Å²) in [7, 11) is 0. The second-order valence-electron chi connectivity index (χ2n) is 6.63. The first-order chi connectivity index (χ1) is 12.1. The molecule has 4 rings (SSSR count). The van der Waals surface area contributed by atoms with Gasteiger partial charge in [0.2, 0.25) is 0 Å². The highest BCUT2D eigenvalue weighted by atomic mass is 32.2. The Balaban J connectivity index is 1.55. The first-order valence-electron chi connectivity index (χ1n) is 8.46. The smallest absolute Gasteiger partial charge is 0.259 e. The van der Waals surface area contributed by atoms with Crippen molar-refractivity contribution in [2.75, 3.05) is 0 Å². The number of nitrogens with one attached hydrogen (secondary N) is 1. The van der Waals surface area contributed by atoms with Crippen LogP contribution in [0.3, 0.4) is 0 Å². The molecule has 1 aliphatic rings. The molecule has 1 N–H and O–H groups in total. The quantitative estimate of drug-likeness (QED) is 0.721. The van der Waals surface area contributed by atoms with E-state index in [1.807, 2.05) is 6.07 Å². The molecular formula is C19H19FN2OS2. The summed E-state index contributed by atoms with van der Waals surface area (Å²) in [5.74, 6) is 2.29. The molecule has 3 aromatic rings. The Kier molecular flexibility index (Phi) is 4.65. The van der Waals surface area contributed by atoms with Crippen molar-refractivity contribution < 1.29 is 4.39 Å². The number of hydrogen-bond acceptors (Lipinski definition) is 4. The lowest BCUT2D eigenvalue weighted by Gasteiger charge is -2.17. The number of nitrogens with zero attached hydrogens (tertiary/aromatic N) is 1. The maximum Gasteiger partial charge on any atom is 0.259 e. The lowest BCUT2D eigenvalue weighted by Crippen LogP contribution is -2.14. The van der Waals surface area contributed by atoms with Gasteiger partial charge in [-0.05, 0) is 42.4 Å². The third-order valence-electron chi connectivity index (χ3n) is 4.67. The Morgan fingerprint density at radius 3 is 3.04 bits per heavy atom. The molecule has 0 spiro atoms. The molecule has 0 fully saturated rings. The summed E-state index contributed by atoms with van der Waals surface area (Å²) < 4.78 is 13.7. The average molecular weight is 375 g/mol. The van der Waals surface area contributed by atoms with E-state index >= 15 is 0 Å². The fourth-order valence-corrected chi connectivity index (χ4v) is 5.62. The van der Waals surface area contributed by atoms with Gasteiger partial charge in [-0.3, -0.25) is 4.79 Å². The lowest BCUT2D eigenvalue weighted by molar-refractivity contribution is 0.509. The van der Waals surface area contributed by atoms with Crippen LogP contribution < -0.4 is 5.56 Å². The van der Waals surface area contributed by atoms with E-state index in [9.17, 15) is 9.18 Å². The summed E-state index contributed by atoms with van der Waals surface area (Å²) >= 11 is 3.22. The molecule has 0 unspecified atom stereocenters. The van der Waals surface area contributed by atoms with Crippen LogP contribution in [0.4, 0.5) is 4.39 Å². The first kappa shape index (κ1) is 16.8. The molecule has 6 heteroatoms. The van der Waals surface area contributed by atoms with Crippen LogP contribution in [0.1, 0.15) is 35.2 Å². The number of aromatic nitrogens is 2. The van der Waals surface area contributed by atoms with Crippen LogP contribution >= 0.6 is 23.1 Å². The largest absolute Gasteiger partial charge is 0.309 e. The fraction of sp³-hybridized carbons (Fsp3) is 0.368. The van der Waals surface area contributed by atoms with Gasteiger partial charge in [-0.1, -0.05) is 25.1 Å². The molecule has 0 aliphatic heterocycles. The summed E-state index contributed by atoms with van der Waals surface area (Å²) in [6, 6.07) is 6.79. The Morgan fingerprint density at radius 1 is 1.36 bits per heavy atom. The third-order valence-corrected chi connectivity index (χ3v) is 6.81. The van der Waals surface area contributed by atoms with E-state index in [1.54, 1.807) is 35.2 Å². The molecule has 2 heterocycles. The Labute approximate surface area is 153 Å². The van der Waals surface area contributed by atoms with Crippen molar-refractivity contribution in [3.8, 4) is 0 Å². The van der Waals surface area contributed by atoms with E-state index in [0.717, 1.165) is 29.5 Å². The van der Waals surface area contributed by atoms with Gasteiger partial charge in [0.25, 0.3) is 5.56 Å². The van der Waals surface area contributed by atoms with Crippen LogP contribution in [0.5, 0.6) is 0 Å². The number of H-pyrrole nitrogens is 1. The zero-order valence-corrected chi connectivity index (χ0v) is 15.6. The number of aromatic amines is 1. The van der Waals surface area contributed by atoms with E-state index in [-0.39, 0.29) is 11.4 Å². The molecule has 1 atom stereocenters. The number of thiophene rings is 1. The monoisotopic (exact) mass is 374 g/mol. The molecule has 1 aromatic carbocycles. The molecule has 0 amide bonds. The predicted molar refractivity (Wildman–Crippen MR) is 103 cm³/mol. The zero-order valence-electron chi connectivity index (χ0n) is 14.0. The maximum absolute atomic E-state index is 13.7. The average Bonchev–Trinajstić information content (AvgIpc) is 2.94. The van der Waals surface area contributed by atoms with Gasteiger partial charge < -0.3 is 4.98 Å². The van der Waals surface area contributed by atoms with E-state index in [4.69, 9.17) is 0 Å². The second-order valence-corrected chi connectivity index (χ2v) is 8.70. The number of fused-ring (bicyclic) bond motifs is 3. The van der Waals surface area contributed by atoms with Crippen molar-refractivity contribution in [2.24, 2.45) is 5.92 Å². The lowest BCUT2D eigenvalue weighted by atomic mass is 9.89. The molecule has 25 heavy (non-hydrogen) atoms. The molecular weight excluding hydrogens is 355 g/mol. The number of benzene rings is 1. The third kappa shape index (κ3) is 3.37. The van der Waals surface area contributed by atoms with Crippen molar-refractivity contribution in [1.29, 1.82) is 0 Å². The number of hydrogen-bond donors (Lipinski definition) is 1. The van der Waals surface area contributed by atoms with Crippen molar-refractivity contribution in [1.82, 2.24) is 9.97 Å². The molecule has 0 bridgehead atoms. The minimum atomic E-state index is -0.188. The maximum atomic E-state index is 13.7. The molecule has 0 saturated carbocycles. The number of rotatable bonds is 4. The SMILES string of the molecule is C[C@@H]1CCc2c(sc3nc(CSCc4ccccc4F)[nH]c(=O)c23)C1. The van der Waals surface area contributed by atoms with Crippen LogP contribution in [-0.4, -0.2) is 9.97 Å². The van der Waals surface area contributed by atoms with Crippen molar-refractivity contribution in [2.45, 2.75) is 37.7 Å². The Bertz CT molecular complexity index is 979. The highest BCUT2D eigenvalue weighted by Crippen LogP contribution is 2.35. The Hall–Kier alpha value is -1.66. The highest BCUT2D eigenvalue weighted by Gasteiger charge is 2.22. The van der Waals surface area contributed by atoms with Crippen LogP contribution in [-0.2, 0) is 24.3 Å². The minimum Gasteiger partial charge on any atom is -0.309 e. The van der Waals surface area contributed by atoms with Gasteiger partial charge in [-0.25, -0.2) is 9.37 Å². The highest BCUT2D eigenvalue weighted by molar-refractivity contribution is 7.97. The summed E-state index contributed by atoms with van der Waals surface area (Å²) in [4.78, 5) is 22.3. The molecule has 0 saturated heterocycles. The van der Waals surface area contributed by atoms with Crippen LogP contribution in [0.2, 0.25) is 0 Å². The first-order valence-corrected chi connectivity index (χ1v) is 10.4. The fourth-order valence-electron chi connectivity index (χ4n) is 3.33. The van der Waals surface area contributed by atoms with E-state index in [0.29, 0.717) is 28.8 Å². The van der Waals surface area contributed by atoms with Crippen molar-refractivity contribution in [3.05, 3.63) is 62.3 Å². The zero-order chi connectivity index (χ0) is 17.4. The Morgan fingerprint density at radius 2 is 2.20 bits per heavy atom. The predicted octanol–water partition coefficient (Wildman–Crippen LogP) is 4.68. The van der Waals surface area contributed by atoms with Gasteiger partial charge in [0, 0.05) is 10.6 Å². The summed E-state index contributed by atoms with van der Waals surface area (Å²) in [6.45, 7) is 2.26. The molecule has 0 radical (unpaired) electrons. The van der Waals surface area contributed by atoms with Crippen molar-refractivity contribution in [3.63, 3.8) is 0 Å². The normalized spacial score (nSPS) is 17.0. The summed E-state index contributed by atoms with van der Waals surface area (Å²) in [5.41, 5.74) is 1.85. The molecule has 1 aliphatic carbocycles. The van der Waals surface area contributed by atoms with Crippen LogP contribution in [0.15, 0.2) is 29.1 Å². The van der Waals surface area contributed by atoms with E-state index in [2.05, 4.69) is 16.9 Å². The van der Waals surface area contributed by atoms with Crippen LogP contribution in [0, 0.1) is 11.7 Å². The van der Waals surface area contributed by atoms with E-state index in [1.165, 1.54) is 16.5 Å².